The number of ether oxygens (including phenoxy) is 1. The molecule has 0 fully saturated rings. The molecule has 1 aromatic carbocycles. The first-order chi connectivity index (χ1) is 9.41. The van der Waals surface area contributed by atoms with Gasteiger partial charge < -0.3 is 10.5 Å². The number of nitro benzene ring substituents is 1. The molecule has 1 rings (SSSR count). The van der Waals surface area contributed by atoms with Crippen LogP contribution in [0.3, 0.4) is 0 Å². The van der Waals surface area contributed by atoms with Gasteiger partial charge in [-0.1, -0.05) is 22.9 Å². The molecular formula is C13H16BrN3O3. The highest BCUT2D eigenvalue weighted by Gasteiger charge is 2.21. The monoisotopic (exact) mass is 341 g/mol. The van der Waals surface area contributed by atoms with Crippen LogP contribution in [0.5, 0.6) is 5.75 Å². The van der Waals surface area contributed by atoms with Crippen LogP contribution in [0.25, 0.3) is 0 Å². The van der Waals surface area contributed by atoms with Gasteiger partial charge >= 0.3 is 5.69 Å². The maximum Gasteiger partial charge on any atom is 0.312 e. The van der Waals surface area contributed by atoms with E-state index in [9.17, 15) is 10.1 Å². The van der Waals surface area contributed by atoms with Crippen molar-refractivity contribution < 1.29 is 9.66 Å². The normalized spacial score (nSPS) is 13.3. The standard InChI is InChI=1S/C13H16BrN3O3/c1-2-13(16,9-15)6-3-7-20-12-5-4-10(14)8-11(12)17(18)19/h4-5,8H,2-3,6-7,16H2,1H3. The number of rotatable bonds is 7. The minimum Gasteiger partial charge on any atom is -0.487 e. The second kappa shape index (κ2) is 7.22. The fourth-order valence-electron chi connectivity index (χ4n) is 1.64. The lowest BCUT2D eigenvalue weighted by Gasteiger charge is -2.18. The third-order valence-corrected chi connectivity index (χ3v) is 3.49. The smallest absolute Gasteiger partial charge is 0.312 e. The lowest BCUT2D eigenvalue weighted by atomic mass is 9.94. The van der Waals surface area contributed by atoms with Crippen molar-refractivity contribution in [2.75, 3.05) is 6.61 Å². The van der Waals surface area contributed by atoms with Crippen LogP contribution < -0.4 is 10.5 Å². The summed E-state index contributed by atoms with van der Waals surface area (Å²) in [6, 6.07) is 6.69. The summed E-state index contributed by atoms with van der Waals surface area (Å²) in [6.45, 7) is 2.13. The predicted molar refractivity (Wildman–Crippen MR) is 78.3 cm³/mol. The fraction of sp³-hybridized carbons (Fsp3) is 0.462. The van der Waals surface area contributed by atoms with Gasteiger partial charge in [0.25, 0.3) is 0 Å². The molecule has 2 N–H and O–H groups in total. The molecule has 0 aliphatic heterocycles. The molecule has 0 spiro atoms. The Kier molecular flexibility index (Phi) is 5.92. The largest absolute Gasteiger partial charge is 0.487 e. The number of hydrogen-bond donors (Lipinski definition) is 1. The highest BCUT2D eigenvalue weighted by molar-refractivity contribution is 9.10. The van der Waals surface area contributed by atoms with Gasteiger partial charge in [-0.25, -0.2) is 0 Å². The van der Waals surface area contributed by atoms with E-state index in [4.69, 9.17) is 15.7 Å². The maximum atomic E-state index is 10.9. The Hall–Kier alpha value is -1.65. The van der Waals surface area contributed by atoms with Crippen molar-refractivity contribution in [3.63, 3.8) is 0 Å². The quantitative estimate of drug-likeness (QED) is 0.466. The van der Waals surface area contributed by atoms with Crippen LogP contribution in [-0.2, 0) is 0 Å². The third-order valence-electron chi connectivity index (χ3n) is 3.00. The van der Waals surface area contributed by atoms with E-state index in [1.54, 1.807) is 12.1 Å². The summed E-state index contributed by atoms with van der Waals surface area (Å²) in [4.78, 5) is 10.4. The first-order valence-corrected chi connectivity index (χ1v) is 6.98. The second-order valence-electron chi connectivity index (χ2n) is 4.44. The molecule has 20 heavy (non-hydrogen) atoms. The molecule has 0 amide bonds. The summed E-state index contributed by atoms with van der Waals surface area (Å²) < 4.78 is 6.03. The van der Waals surface area contributed by atoms with Gasteiger partial charge in [0.05, 0.1) is 17.6 Å². The van der Waals surface area contributed by atoms with Gasteiger partial charge in [-0.15, -0.1) is 0 Å². The highest BCUT2D eigenvalue weighted by atomic mass is 79.9. The van der Waals surface area contributed by atoms with Crippen molar-refractivity contribution in [2.24, 2.45) is 5.73 Å². The van der Waals surface area contributed by atoms with Crippen molar-refractivity contribution in [2.45, 2.75) is 31.7 Å². The Bertz CT molecular complexity index is 530. The molecule has 7 heteroatoms. The van der Waals surface area contributed by atoms with E-state index in [-0.39, 0.29) is 18.0 Å². The number of hydrogen-bond acceptors (Lipinski definition) is 5. The molecule has 0 aliphatic rings. The van der Waals surface area contributed by atoms with Gasteiger partial charge in [-0.05, 0) is 31.4 Å². The number of nitrogens with zero attached hydrogens (tertiary/aromatic N) is 2. The predicted octanol–water partition coefficient (Wildman–Crippen LogP) is 3.15. The Morgan fingerprint density at radius 1 is 1.60 bits per heavy atom. The van der Waals surface area contributed by atoms with Crippen molar-refractivity contribution in [3.05, 3.63) is 32.8 Å². The third kappa shape index (κ3) is 4.47. The average Bonchev–Trinajstić information content (AvgIpc) is 2.44. The zero-order valence-corrected chi connectivity index (χ0v) is 12.7. The zero-order valence-electron chi connectivity index (χ0n) is 11.1. The average molecular weight is 342 g/mol. The van der Waals surface area contributed by atoms with Crippen molar-refractivity contribution in [1.29, 1.82) is 5.26 Å². The van der Waals surface area contributed by atoms with Crippen LogP contribution in [0.15, 0.2) is 22.7 Å². The molecule has 6 nitrogen and oxygen atoms in total. The molecule has 0 bridgehead atoms. The lowest BCUT2D eigenvalue weighted by molar-refractivity contribution is -0.385. The Morgan fingerprint density at radius 2 is 2.30 bits per heavy atom. The summed E-state index contributed by atoms with van der Waals surface area (Å²) >= 11 is 3.18. The van der Waals surface area contributed by atoms with E-state index < -0.39 is 10.5 Å². The lowest BCUT2D eigenvalue weighted by Crippen LogP contribution is -2.37. The van der Waals surface area contributed by atoms with E-state index in [0.717, 1.165) is 0 Å². The van der Waals surface area contributed by atoms with Crippen LogP contribution in [-0.4, -0.2) is 17.1 Å². The summed E-state index contributed by atoms with van der Waals surface area (Å²) in [5, 5.41) is 19.8. The van der Waals surface area contributed by atoms with Gasteiger partial charge in [-0.2, -0.15) is 5.26 Å². The van der Waals surface area contributed by atoms with Crippen LogP contribution in [0, 0.1) is 21.4 Å². The Morgan fingerprint density at radius 3 is 2.85 bits per heavy atom. The van der Waals surface area contributed by atoms with Gasteiger partial charge in [0.15, 0.2) is 5.75 Å². The molecule has 108 valence electrons. The van der Waals surface area contributed by atoms with Gasteiger partial charge in [-0.3, -0.25) is 10.1 Å². The van der Waals surface area contributed by atoms with E-state index in [2.05, 4.69) is 22.0 Å². The van der Waals surface area contributed by atoms with Gasteiger partial charge in [0, 0.05) is 10.5 Å². The number of halogens is 1. The maximum absolute atomic E-state index is 10.9. The summed E-state index contributed by atoms with van der Waals surface area (Å²) in [7, 11) is 0. The minimum atomic E-state index is -0.852. The van der Waals surface area contributed by atoms with Crippen LogP contribution in [0.2, 0.25) is 0 Å². The van der Waals surface area contributed by atoms with E-state index in [1.807, 2.05) is 6.92 Å². The van der Waals surface area contributed by atoms with Crippen molar-refractivity contribution in [3.8, 4) is 11.8 Å². The van der Waals surface area contributed by atoms with E-state index in [1.165, 1.54) is 6.07 Å². The molecule has 0 aliphatic carbocycles. The van der Waals surface area contributed by atoms with Crippen molar-refractivity contribution in [1.82, 2.24) is 0 Å². The minimum absolute atomic E-state index is 0.0887. The summed E-state index contributed by atoms with van der Waals surface area (Å²) in [5.41, 5.74) is 4.90. The van der Waals surface area contributed by atoms with E-state index in [0.29, 0.717) is 23.7 Å². The van der Waals surface area contributed by atoms with Crippen molar-refractivity contribution >= 4 is 21.6 Å². The molecule has 0 saturated heterocycles. The first-order valence-electron chi connectivity index (χ1n) is 6.19. The molecule has 0 radical (unpaired) electrons. The molecule has 0 heterocycles. The van der Waals surface area contributed by atoms with E-state index >= 15 is 0 Å². The van der Waals surface area contributed by atoms with Gasteiger partial charge in [0.2, 0.25) is 0 Å². The molecule has 1 aromatic rings. The number of benzene rings is 1. The molecular weight excluding hydrogens is 326 g/mol. The summed E-state index contributed by atoms with van der Waals surface area (Å²) in [6.07, 6.45) is 1.61. The van der Waals surface area contributed by atoms with Crippen LogP contribution in [0.1, 0.15) is 26.2 Å². The number of nitrogens with two attached hydrogens (primary N) is 1. The zero-order chi connectivity index (χ0) is 15.2. The number of nitriles is 1. The fourth-order valence-corrected chi connectivity index (χ4v) is 1.99. The van der Waals surface area contributed by atoms with Gasteiger partial charge in [0.1, 0.15) is 5.54 Å². The Balaban J connectivity index is 2.59. The first kappa shape index (κ1) is 16.4. The molecule has 0 aromatic heterocycles. The number of nitro groups is 1. The highest BCUT2D eigenvalue weighted by Crippen LogP contribution is 2.30. The topological polar surface area (TPSA) is 102 Å². The second-order valence-corrected chi connectivity index (χ2v) is 5.36. The molecule has 1 unspecified atom stereocenters. The SMILES string of the molecule is CCC(N)(C#N)CCCOc1ccc(Br)cc1[N+](=O)[O-]. The summed E-state index contributed by atoms with van der Waals surface area (Å²) in [5.74, 6) is 0.217. The molecule has 1 atom stereocenters. The van der Waals surface area contributed by atoms with Crippen LogP contribution >= 0.6 is 15.9 Å². The van der Waals surface area contributed by atoms with Crippen LogP contribution in [0.4, 0.5) is 5.69 Å². The molecule has 0 saturated carbocycles. The Labute approximate surface area is 125 Å².